The lowest BCUT2D eigenvalue weighted by atomic mass is 10.1. The van der Waals surface area contributed by atoms with Gasteiger partial charge >= 0.3 is 0 Å². The number of hydrogen-bond donors (Lipinski definition) is 2. The molecule has 0 atom stereocenters. The van der Waals surface area contributed by atoms with E-state index in [1.807, 2.05) is 32.0 Å². The van der Waals surface area contributed by atoms with E-state index >= 15 is 0 Å². The molecule has 3 aromatic rings. The Hall–Kier alpha value is -3.14. The molecule has 132 valence electrons. The third-order valence-electron chi connectivity index (χ3n) is 3.99. The summed E-state index contributed by atoms with van der Waals surface area (Å²) in [5.41, 5.74) is 7.67. The van der Waals surface area contributed by atoms with Gasteiger partial charge in [-0.2, -0.15) is 0 Å². The van der Waals surface area contributed by atoms with Crippen LogP contribution < -0.4 is 10.6 Å². The molecule has 0 radical (unpaired) electrons. The van der Waals surface area contributed by atoms with Crippen molar-refractivity contribution in [3.8, 4) is 0 Å². The lowest BCUT2D eigenvalue weighted by Crippen LogP contribution is -2.12. The second-order valence-electron chi connectivity index (χ2n) is 6.79. The third kappa shape index (κ3) is 4.48. The van der Waals surface area contributed by atoms with E-state index in [4.69, 9.17) is 0 Å². The van der Waals surface area contributed by atoms with Crippen molar-refractivity contribution < 1.29 is 4.79 Å². The first-order chi connectivity index (χ1) is 12.4. The number of carbonyl (C=O) groups is 1. The summed E-state index contributed by atoms with van der Waals surface area (Å²) in [7, 11) is 0. The average Bonchev–Trinajstić information content (AvgIpc) is 2.53. The molecule has 0 bridgehead atoms. The van der Waals surface area contributed by atoms with Gasteiger partial charge in [-0.05, 0) is 80.3 Å². The number of nitrogens with one attached hydrogen (secondary N) is 2. The van der Waals surface area contributed by atoms with Gasteiger partial charge in [0.2, 0.25) is 0 Å². The first kappa shape index (κ1) is 17.7. The molecule has 4 heteroatoms. The third-order valence-corrected chi connectivity index (χ3v) is 3.99. The van der Waals surface area contributed by atoms with Crippen molar-refractivity contribution >= 4 is 23.0 Å². The highest BCUT2D eigenvalue weighted by Gasteiger charge is 2.09. The molecule has 2 N–H and O–H groups in total. The van der Waals surface area contributed by atoms with E-state index in [9.17, 15) is 4.79 Å². The molecular formula is C22H23N3O. The largest absolute Gasteiger partial charge is 0.354 e. The van der Waals surface area contributed by atoms with E-state index < -0.39 is 0 Å². The molecule has 0 aliphatic heterocycles. The number of pyridine rings is 1. The van der Waals surface area contributed by atoms with Crippen LogP contribution in [0.3, 0.4) is 0 Å². The Bertz CT molecular complexity index is 923. The predicted octanol–water partition coefficient (Wildman–Crippen LogP) is 5.31. The van der Waals surface area contributed by atoms with Crippen molar-refractivity contribution in [3.63, 3.8) is 0 Å². The van der Waals surface area contributed by atoms with Crippen LogP contribution in [0.25, 0.3) is 0 Å². The normalized spacial score (nSPS) is 10.5. The first-order valence-electron chi connectivity index (χ1n) is 8.59. The molecule has 0 spiro atoms. The lowest BCUT2D eigenvalue weighted by Gasteiger charge is -2.11. The fourth-order valence-corrected chi connectivity index (χ4v) is 3.10. The molecule has 26 heavy (non-hydrogen) atoms. The molecule has 3 rings (SSSR count). The van der Waals surface area contributed by atoms with Crippen LogP contribution in [-0.4, -0.2) is 10.9 Å². The van der Waals surface area contributed by atoms with Crippen LogP contribution in [0.4, 0.5) is 17.1 Å². The number of amides is 1. The topological polar surface area (TPSA) is 54.0 Å². The maximum absolute atomic E-state index is 12.6. The lowest BCUT2D eigenvalue weighted by molar-refractivity contribution is 0.102. The van der Waals surface area contributed by atoms with Crippen LogP contribution in [0.2, 0.25) is 0 Å². The second kappa shape index (κ2) is 7.40. The number of aryl methyl sites for hydroxylation is 4. The number of hydrogen-bond acceptors (Lipinski definition) is 3. The molecule has 0 aliphatic rings. The SMILES string of the molecule is Cc1cc(C)cc(NC(=O)c2cncc(Nc3cc(C)cc(C)c3)c2)c1. The highest BCUT2D eigenvalue weighted by Crippen LogP contribution is 2.20. The number of rotatable bonds is 4. The Labute approximate surface area is 154 Å². The van der Waals surface area contributed by atoms with Crippen molar-refractivity contribution in [1.29, 1.82) is 0 Å². The van der Waals surface area contributed by atoms with Gasteiger partial charge in [0.25, 0.3) is 5.91 Å². The van der Waals surface area contributed by atoms with E-state index in [1.54, 1.807) is 12.4 Å². The maximum Gasteiger partial charge on any atom is 0.257 e. The minimum absolute atomic E-state index is 0.174. The fraction of sp³-hybridized carbons (Fsp3) is 0.182. The molecule has 0 aliphatic carbocycles. The second-order valence-corrected chi connectivity index (χ2v) is 6.79. The van der Waals surface area contributed by atoms with Crippen LogP contribution in [-0.2, 0) is 0 Å². The van der Waals surface area contributed by atoms with Gasteiger partial charge in [-0.1, -0.05) is 12.1 Å². The zero-order valence-electron chi connectivity index (χ0n) is 15.6. The molecular weight excluding hydrogens is 322 g/mol. The molecule has 0 unspecified atom stereocenters. The van der Waals surface area contributed by atoms with Crippen molar-refractivity contribution in [2.75, 3.05) is 10.6 Å². The summed E-state index contributed by atoms with van der Waals surface area (Å²) in [6.07, 6.45) is 3.29. The molecule has 1 amide bonds. The van der Waals surface area contributed by atoms with Gasteiger partial charge in [-0.3, -0.25) is 9.78 Å². The van der Waals surface area contributed by atoms with Crippen molar-refractivity contribution in [2.45, 2.75) is 27.7 Å². The van der Waals surface area contributed by atoms with Gasteiger partial charge < -0.3 is 10.6 Å². The average molecular weight is 345 g/mol. The predicted molar refractivity (Wildman–Crippen MR) is 107 cm³/mol. The first-order valence-corrected chi connectivity index (χ1v) is 8.59. The maximum atomic E-state index is 12.6. The van der Waals surface area contributed by atoms with Crippen molar-refractivity contribution in [3.05, 3.63) is 82.7 Å². The van der Waals surface area contributed by atoms with E-state index in [0.29, 0.717) is 5.56 Å². The molecule has 0 saturated carbocycles. The fourth-order valence-electron chi connectivity index (χ4n) is 3.10. The summed E-state index contributed by atoms with van der Waals surface area (Å²) < 4.78 is 0. The highest BCUT2D eigenvalue weighted by molar-refractivity contribution is 6.04. The van der Waals surface area contributed by atoms with Crippen molar-refractivity contribution in [2.24, 2.45) is 0 Å². The van der Waals surface area contributed by atoms with E-state index in [2.05, 4.69) is 53.7 Å². The van der Waals surface area contributed by atoms with Gasteiger partial charge in [-0.25, -0.2) is 0 Å². The zero-order valence-corrected chi connectivity index (χ0v) is 15.6. The van der Waals surface area contributed by atoms with Gasteiger partial charge in [-0.15, -0.1) is 0 Å². The van der Waals surface area contributed by atoms with Gasteiger partial charge in [0.15, 0.2) is 0 Å². The minimum atomic E-state index is -0.174. The van der Waals surface area contributed by atoms with Gasteiger partial charge in [0.05, 0.1) is 17.4 Å². The number of aromatic nitrogens is 1. The summed E-state index contributed by atoms with van der Waals surface area (Å²) in [5.74, 6) is -0.174. The van der Waals surface area contributed by atoms with Crippen LogP contribution >= 0.6 is 0 Å². The monoisotopic (exact) mass is 345 g/mol. The summed E-state index contributed by atoms with van der Waals surface area (Å²) in [6.45, 7) is 8.14. The van der Waals surface area contributed by atoms with Crippen LogP contribution in [0.5, 0.6) is 0 Å². The summed E-state index contributed by atoms with van der Waals surface area (Å²) in [6, 6.07) is 14.0. The number of anilines is 3. The smallest absolute Gasteiger partial charge is 0.257 e. The van der Waals surface area contributed by atoms with Crippen LogP contribution in [0.15, 0.2) is 54.9 Å². The van der Waals surface area contributed by atoms with Crippen LogP contribution in [0.1, 0.15) is 32.6 Å². The van der Waals surface area contributed by atoms with E-state index in [0.717, 1.165) is 28.2 Å². The number of nitrogens with zero attached hydrogens (tertiary/aromatic N) is 1. The van der Waals surface area contributed by atoms with Gasteiger partial charge in [0.1, 0.15) is 0 Å². The summed E-state index contributed by atoms with van der Waals surface area (Å²) >= 11 is 0. The number of carbonyl (C=O) groups excluding carboxylic acids is 1. The Morgan fingerprint density at radius 2 is 1.23 bits per heavy atom. The molecule has 4 nitrogen and oxygen atoms in total. The summed E-state index contributed by atoms with van der Waals surface area (Å²) in [4.78, 5) is 16.8. The Balaban J connectivity index is 1.78. The molecule has 2 aromatic carbocycles. The van der Waals surface area contributed by atoms with Crippen molar-refractivity contribution in [1.82, 2.24) is 4.98 Å². The summed E-state index contributed by atoms with van der Waals surface area (Å²) in [5, 5.41) is 6.26. The molecule has 0 fully saturated rings. The Morgan fingerprint density at radius 1 is 0.692 bits per heavy atom. The van der Waals surface area contributed by atoms with Crippen LogP contribution in [0, 0.1) is 27.7 Å². The van der Waals surface area contributed by atoms with E-state index in [1.165, 1.54) is 11.1 Å². The van der Waals surface area contributed by atoms with E-state index in [-0.39, 0.29) is 5.91 Å². The zero-order chi connectivity index (χ0) is 18.7. The Kier molecular flexibility index (Phi) is 5.03. The minimum Gasteiger partial charge on any atom is -0.354 e. The molecule has 1 heterocycles. The quantitative estimate of drug-likeness (QED) is 0.673. The molecule has 0 saturated heterocycles. The van der Waals surface area contributed by atoms with Gasteiger partial charge in [0, 0.05) is 17.6 Å². The Morgan fingerprint density at radius 3 is 1.81 bits per heavy atom. The molecule has 1 aromatic heterocycles. The number of benzene rings is 2. The standard InChI is InChI=1S/C22H23N3O/c1-14-5-15(2)8-19(7-14)24-21-11-18(12-23-13-21)22(26)25-20-9-16(3)6-17(4)10-20/h5-13,24H,1-4H3,(H,25,26). The highest BCUT2D eigenvalue weighted by atomic mass is 16.1.